The van der Waals surface area contributed by atoms with Gasteiger partial charge in [0.25, 0.3) is 0 Å². The normalized spacial score (nSPS) is 29.9. The lowest BCUT2D eigenvalue weighted by Crippen LogP contribution is -2.48. The van der Waals surface area contributed by atoms with Crippen molar-refractivity contribution in [2.45, 2.75) is 91.1 Å². The summed E-state index contributed by atoms with van der Waals surface area (Å²) in [6, 6.07) is 0. The number of esters is 1. The van der Waals surface area contributed by atoms with Gasteiger partial charge in [-0.1, -0.05) is 32.1 Å². The van der Waals surface area contributed by atoms with Gasteiger partial charge in [-0.05, 0) is 77.1 Å². The number of likely N-dealkylation sites (N-methyl/N-ethyl adjacent to an activating group) is 1. The van der Waals surface area contributed by atoms with Gasteiger partial charge in [-0.15, -0.1) is 0 Å². The second kappa shape index (κ2) is 15.0. The van der Waals surface area contributed by atoms with Crippen molar-refractivity contribution in [3.63, 3.8) is 0 Å². The maximum atomic E-state index is 13.0. The van der Waals surface area contributed by atoms with Gasteiger partial charge >= 0.3 is 18.2 Å². The molecule has 0 unspecified atom stereocenters. The molecule has 0 radical (unpaired) electrons. The molecule has 0 spiro atoms. The first-order valence-corrected chi connectivity index (χ1v) is 15.3. The van der Waals surface area contributed by atoms with Crippen LogP contribution >= 0.6 is 0 Å². The Bertz CT molecular complexity index is 1040. The standard InChI is InChI=1S/C32H51N3O7/c1-22-10-12-26(36)20-28(37)41-29(23(2)11-13-27(22)40-30(38)34-17-15-33(7)16-18-34)24(3)19-25-9-8-14-35(21-25)31(39)42-32(4,5)6/h9,11,13,19,22-23,26-27,29,36H,8,10,12,14-18,20-21H2,1-7H3/b13-11+,24-19+/t22-,23-,26+,27-,29-/m0/s1. The Morgan fingerprint density at radius 3 is 2.38 bits per heavy atom. The number of nitrogens with zero attached hydrogens (tertiary/aromatic N) is 3. The third-order valence-corrected chi connectivity index (χ3v) is 7.95. The molecule has 0 aromatic heterocycles. The van der Waals surface area contributed by atoms with Crippen LogP contribution in [-0.4, -0.2) is 108 Å². The number of ether oxygens (including phenoxy) is 3. The predicted octanol–water partition coefficient (Wildman–Crippen LogP) is 4.54. The summed E-state index contributed by atoms with van der Waals surface area (Å²) in [5.74, 6) is -0.735. The van der Waals surface area contributed by atoms with Gasteiger partial charge in [-0.2, -0.15) is 0 Å². The first-order valence-electron chi connectivity index (χ1n) is 15.3. The van der Waals surface area contributed by atoms with Crippen LogP contribution in [0.1, 0.15) is 67.2 Å². The Balaban J connectivity index is 1.78. The van der Waals surface area contributed by atoms with E-state index in [9.17, 15) is 19.5 Å². The highest BCUT2D eigenvalue weighted by Gasteiger charge is 2.30. The van der Waals surface area contributed by atoms with Gasteiger partial charge in [-0.25, -0.2) is 9.59 Å². The van der Waals surface area contributed by atoms with Crippen LogP contribution in [0.5, 0.6) is 0 Å². The number of amides is 2. The van der Waals surface area contributed by atoms with Gasteiger partial charge in [-0.3, -0.25) is 4.79 Å². The van der Waals surface area contributed by atoms with Crippen LogP contribution in [0, 0.1) is 11.8 Å². The molecule has 0 bridgehead atoms. The number of piperazine rings is 1. The third kappa shape index (κ3) is 10.5. The van der Waals surface area contributed by atoms with Crippen molar-refractivity contribution in [2.24, 2.45) is 11.8 Å². The molecule has 2 amide bonds. The zero-order valence-electron chi connectivity index (χ0n) is 26.5. The van der Waals surface area contributed by atoms with E-state index in [-0.39, 0.29) is 30.4 Å². The third-order valence-electron chi connectivity index (χ3n) is 7.95. The van der Waals surface area contributed by atoms with Gasteiger partial charge < -0.3 is 34.0 Å². The molecular formula is C32H51N3O7. The molecule has 3 aliphatic rings. The number of aliphatic hydroxyl groups excluding tert-OH is 1. The first-order chi connectivity index (χ1) is 19.7. The molecule has 0 saturated carbocycles. The fourth-order valence-corrected chi connectivity index (χ4v) is 5.36. The summed E-state index contributed by atoms with van der Waals surface area (Å²) in [5, 5.41) is 10.6. The van der Waals surface area contributed by atoms with Gasteiger partial charge in [0.15, 0.2) is 0 Å². The van der Waals surface area contributed by atoms with Crippen LogP contribution in [0.3, 0.4) is 0 Å². The number of carbonyl (C=O) groups excluding carboxylic acids is 3. The largest absolute Gasteiger partial charge is 0.457 e. The Labute approximate surface area is 251 Å². The Hall–Kier alpha value is -2.85. The molecule has 1 fully saturated rings. The van der Waals surface area contributed by atoms with Crippen LogP contribution in [0.4, 0.5) is 9.59 Å². The Kier molecular flexibility index (Phi) is 12.1. The molecule has 1 saturated heterocycles. The molecule has 3 rings (SSSR count). The van der Waals surface area contributed by atoms with Crippen LogP contribution in [0.25, 0.3) is 0 Å². The molecule has 0 aromatic carbocycles. The van der Waals surface area contributed by atoms with E-state index in [2.05, 4.69) is 11.0 Å². The summed E-state index contributed by atoms with van der Waals surface area (Å²) >= 11 is 0. The lowest BCUT2D eigenvalue weighted by molar-refractivity contribution is -0.151. The number of hydrogen-bond acceptors (Lipinski definition) is 8. The van der Waals surface area contributed by atoms with E-state index >= 15 is 0 Å². The Morgan fingerprint density at radius 1 is 1.02 bits per heavy atom. The van der Waals surface area contributed by atoms with Crippen molar-refractivity contribution in [3.8, 4) is 0 Å². The van der Waals surface area contributed by atoms with Crippen molar-refractivity contribution < 1.29 is 33.7 Å². The minimum Gasteiger partial charge on any atom is -0.457 e. The SMILES string of the molecule is C/C(=C\C1=CCCN(C(=O)OC(C)(C)C)C1)[C@H]1OC(=O)C[C@H](O)CC[C@H](C)[C@@H](OC(=O)N2CCN(C)CC2)/C=C/[C@@H]1C. The smallest absolute Gasteiger partial charge is 0.410 e. The summed E-state index contributed by atoms with van der Waals surface area (Å²) in [6.07, 6.45) is 6.89. The number of hydrogen-bond donors (Lipinski definition) is 1. The number of aliphatic hydroxyl groups is 1. The number of carbonyl (C=O) groups is 3. The molecule has 3 heterocycles. The zero-order chi connectivity index (χ0) is 31.0. The van der Waals surface area contributed by atoms with E-state index < -0.39 is 29.9 Å². The molecule has 42 heavy (non-hydrogen) atoms. The van der Waals surface area contributed by atoms with Gasteiger partial charge in [0.1, 0.15) is 17.8 Å². The van der Waals surface area contributed by atoms with Gasteiger partial charge in [0, 0.05) is 45.2 Å². The highest BCUT2D eigenvalue weighted by molar-refractivity contribution is 5.71. The molecule has 236 valence electrons. The fourth-order valence-electron chi connectivity index (χ4n) is 5.36. The van der Waals surface area contributed by atoms with Crippen molar-refractivity contribution in [3.05, 3.63) is 35.5 Å². The molecule has 10 nitrogen and oxygen atoms in total. The topological polar surface area (TPSA) is 109 Å². The fraction of sp³-hybridized carbons (Fsp3) is 0.719. The maximum absolute atomic E-state index is 13.0. The van der Waals surface area contributed by atoms with Crippen molar-refractivity contribution in [2.75, 3.05) is 46.3 Å². The monoisotopic (exact) mass is 589 g/mol. The van der Waals surface area contributed by atoms with Gasteiger partial charge in [0.2, 0.25) is 0 Å². The molecule has 10 heteroatoms. The average molecular weight is 590 g/mol. The lowest BCUT2D eigenvalue weighted by atomic mass is 9.91. The molecule has 5 atom stereocenters. The van der Waals surface area contributed by atoms with E-state index in [1.165, 1.54) is 0 Å². The summed E-state index contributed by atoms with van der Waals surface area (Å²) in [5.41, 5.74) is 1.19. The lowest BCUT2D eigenvalue weighted by Gasteiger charge is -2.33. The molecule has 1 N–H and O–H groups in total. The minimum absolute atomic E-state index is 0.0451. The van der Waals surface area contributed by atoms with Crippen molar-refractivity contribution in [1.82, 2.24) is 14.7 Å². The van der Waals surface area contributed by atoms with E-state index in [4.69, 9.17) is 14.2 Å². The predicted molar refractivity (Wildman–Crippen MR) is 161 cm³/mol. The minimum atomic E-state index is -0.846. The second-order valence-corrected chi connectivity index (χ2v) is 13.1. The molecular weight excluding hydrogens is 538 g/mol. The van der Waals surface area contributed by atoms with E-state index in [1.54, 1.807) is 9.80 Å². The van der Waals surface area contributed by atoms with Crippen molar-refractivity contribution >= 4 is 18.2 Å². The first kappa shape index (κ1) is 33.6. The highest BCUT2D eigenvalue weighted by atomic mass is 16.6. The molecule has 3 aliphatic heterocycles. The highest BCUT2D eigenvalue weighted by Crippen LogP contribution is 2.26. The van der Waals surface area contributed by atoms with Crippen LogP contribution in [0.2, 0.25) is 0 Å². The van der Waals surface area contributed by atoms with Crippen LogP contribution in [-0.2, 0) is 19.0 Å². The van der Waals surface area contributed by atoms with Crippen molar-refractivity contribution in [1.29, 1.82) is 0 Å². The Morgan fingerprint density at radius 2 is 1.71 bits per heavy atom. The van der Waals surface area contributed by atoms with E-state index in [0.29, 0.717) is 45.4 Å². The zero-order valence-corrected chi connectivity index (χ0v) is 26.5. The average Bonchev–Trinajstić information content (AvgIpc) is 2.91. The summed E-state index contributed by atoms with van der Waals surface area (Å²) < 4.78 is 17.5. The summed E-state index contributed by atoms with van der Waals surface area (Å²) in [6.45, 7) is 15.2. The number of rotatable bonds is 3. The number of cyclic esters (lactones) is 1. The summed E-state index contributed by atoms with van der Waals surface area (Å²) in [4.78, 5) is 44.1. The second-order valence-electron chi connectivity index (χ2n) is 13.1. The summed E-state index contributed by atoms with van der Waals surface area (Å²) in [7, 11) is 2.04. The maximum Gasteiger partial charge on any atom is 0.410 e. The van der Waals surface area contributed by atoms with Crippen LogP contribution in [0.15, 0.2) is 35.5 Å². The van der Waals surface area contributed by atoms with E-state index in [1.807, 2.05) is 66.8 Å². The van der Waals surface area contributed by atoms with Crippen LogP contribution < -0.4 is 0 Å². The quantitative estimate of drug-likeness (QED) is 0.291. The molecule has 0 aromatic rings. The van der Waals surface area contributed by atoms with E-state index in [0.717, 1.165) is 24.2 Å². The molecule has 0 aliphatic carbocycles. The van der Waals surface area contributed by atoms with Gasteiger partial charge in [0.05, 0.1) is 12.5 Å².